The number of ether oxygens (including phenoxy) is 1. The molecule has 3 aromatic rings. The summed E-state index contributed by atoms with van der Waals surface area (Å²) in [5.41, 5.74) is 2.46. The van der Waals surface area contributed by atoms with Gasteiger partial charge in [-0.2, -0.15) is 0 Å². The smallest absolute Gasteiger partial charge is 0.257 e. The van der Waals surface area contributed by atoms with Gasteiger partial charge in [-0.15, -0.1) is 0 Å². The Morgan fingerprint density at radius 2 is 1.46 bits per heavy atom. The summed E-state index contributed by atoms with van der Waals surface area (Å²) in [6.07, 6.45) is 0.798. The molecule has 0 fully saturated rings. The Kier molecular flexibility index (Phi) is 7.35. The third kappa shape index (κ3) is 5.75. The fraction of sp³-hybridized carbons (Fsp3) is 0.174. The molecule has 0 radical (unpaired) electrons. The van der Waals surface area contributed by atoms with Crippen molar-refractivity contribution in [2.75, 3.05) is 13.2 Å². The Labute approximate surface area is 175 Å². The first kappa shape index (κ1) is 20.2. The summed E-state index contributed by atoms with van der Waals surface area (Å²) in [4.78, 5) is 12.1. The van der Waals surface area contributed by atoms with E-state index >= 15 is 0 Å². The molecule has 0 spiro atoms. The van der Waals surface area contributed by atoms with Gasteiger partial charge in [0.15, 0.2) is 6.61 Å². The maximum Gasteiger partial charge on any atom is 0.257 e. The minimum Gasteiger partial charge on any atom is -0.484 e. The molecule has 1 amide bonds. The van der Waals surface area contributed by atoms with Crippen LogP contribution in [-0.2, 0) is 4.79 Å². The first-order chi connectivity index (χ1) is 13.6. The van der Waals surface area contributed by atoms with Crippen LogP contribution in [0.2, 0.25) is 10.0 Å². The number of nitrogens with one attached hydrogen (secondary N) is 1. The highest BCUT2D eigenvalue weighted by molar-refractivity contribution is 6.42. The van der Waals surface area contributed by atoms with Gasteiger partial charge in [0.05, 0.1) is 10.0 Å². The molecule has 144 valence electrons. The molecule has 3 aromatic carbocycles. The largest absolute Gasteiger partial charge is 0.484 e. The molecule has 0 bridgehead atoms. The third-order valence-corrected chi connectivity index (χ3v) is 5.16. The van der Waals surface area contributed by atoms with Crippen LogP contribution in [0.3, 0.4) is 0 Å². The molecule has 28 heavy (non-hydrogen) atoms. The van der Waals surface area contributed by atoms with Crippen LogP contribution < -0.4 is 10.1 Å². The van der Waals surface area contributed by atoms with E-state index < -0.39 is 0 Å². The van der Waals surface area contributed by atoms with Crippen molar-refractivity contribution in [1.82, 2.24) is 5.32 Å². The molecule has 0 aliphatic carbocycles. The number of amides is 1. The van der Waals surface area contributed by atoms with Crippen molar-refractivity contribution < 1.29 is 9.53 Å². The molecule has 0 unspecified atom stereocenters. The maximum atomic E-state index is 12.1. The molecule has 5 heteroatoms. The van der Waals surface area contributed by atoms with Crippen LogP contribution in [0.1, 0.15) is 23.5 Å². The van der Waals surface area contributed by atoms with E-state index in [0.717, 1.165) is 6.42 Å². The first-order valence-corrected chi connectivity index (χ1v) is 9.83. The molecule has 0 aromatic heterocycles. The summed E-state index contributed by atoms with van der Waals surface area (Å²) in [6.45, 7) is 0.483. The quantitative estimate of drug-likeness (QED) is 0.513. The van der Waals surface area contributed by atoms with Crippen LogP contribution in [0.5, 0.6) is 5.75 Å². The van der Waals surface area contributed by atoms with Crippen LogP contribution >= 0.6 is 23.2 Å². The second-order valence-corrected chi connectivity index (χ2v) is 7.19. The van der Waals surface area contributed by atoms with E-state index in [2.05, 4.69) is 29.6 Å². The fourth-order valence-corrected chi connectivity index (χ4v) is 3.31. The Balaban J connectivity index is 1.53. The van der Waals surface area contributed by atoms with E-state index in [0.29, 0.717) is 22.3 Å². The first-order valence-electron chi connectivity index (χ1n) is 9.08. The average Bonchev–Trinajstić information content (AvgIpc) is 2.73. The highest BCUT2D eigenvalue weighted by Crippen LogP contribution is 2.28. The molecule has 0 saturated heterocycles. The zero-order valence-electron chi connectivity index (χ0n) is 15.3. The molecule has 0 atom stereocenters. The van der Waals surface area contributed by atoms with Gasteiger partial charge >= 0.3 is 0 Å². The van der Waals surface area contributed by atoms with Crippen molar-refractivity contribution in [2.24, 2.45) is 0 Å². The van der Waals surface area contributed by atoms with Crippen molar-refractivity contribution in [2.45, 2.75) is 12.3 Å². The van der Waals surface area contributed by atoms with Gasteiger partial charge in [0.1, 0.15) is 5.75 Å². The number of benzene rings is 3. The molecule has 0 saturated carbocycles. The number of hydrogen-bond donors (Lipinski definition) is 1. The predicted octanol–water partition coefficient (Wildman–Crippen LogP) is 5.71. The highest BCUT2D eigenvalue weighted by Gasteiger charge is 2.14. The van der Waals surface area contributed by atoms with Crippen LogP contribution in [0, 0.1) is 0 Å². The molecule has 0 aliphatic heterocycles. The Morgan fingerprint density at radius 3 is 2.04 bits per heavy atom. The lowest BCUT2D eigenvalue weighted by atomic mass is 9.88. The van der Waals surface area contributed by atoms with Crippen molar-refractivity contribution in [1.29, 1.82) is 0 Å². The van der Waals surface area contributed by atoms with Gasteiger partial charge in [-0.05, 0) is 29.7 Å². The van der Waals surface area contributed by atoms with Crippen LogP contribution in [0.4, 0.5) is 0 Å². The van der Waals surface area contributed by atoms with E-state index in [1.54, 1.807) is 18.2 Å². The van der Waals surface area contributed by atoms with E-state index in [4.69, 9.17) is 27.9 Å². The van der Waals surface area contributed by atoms with Gasteiger partial charge in [0.2, 0.25) is 0 Å². The Hall–Kier alpha value is -2.49. The van der Waals surface area contributed by atoms with Gasteiger partial charge < -0.3 is 10.1 Å². The fourth-order valence-electron chi connectivity index (χ4n) is 3.02. The second kappa shape index (κ2) is 10.2. The number of carbonyl (C=O) groups is 1. The van der Waals surface area contributed by atoms with Crippen molar-refractivity contribution in [3.63, 3.8) is 0 Å². The van der Waals surface area contributed by atoms with Crippen molar-refractivity contribution in [3.8, 4) is 5.75 Å². The summed E-state index contributed by atoms with van der Waals surface area (Å²) in [7, 11) is 0. The lowest BCUT2D eigenvalue weighted by Crippen LogP contribution is -2.30. The Morgan fingerprint density at radius 1 is 0.857 bits per heavy atom. The predicted molar refractivity (Wildman–Crippen MR) is 114 cm³/mol. The summed E-state index contributed by atoms with van der Waals surface area (Å²) in [5.74, 6) is 0.556. The van der Waals surface area contributed by atoms with Gasteiger partial charge in [0.25, 0.3) is 5.91 Å². The summed E-state index contributed by atoms with van der Waals surface area (Å²) in [6, 6.07) is 25.6. The molecule has 0 aliphatic rings. The second-order valence-electron chi connectivity index (χ2n) is 6.38. The number of rotatable bonds is 8. The van der Waals surface area contributed by atoms with E-state index in [1.165, 1.54) is 11.1 Å². The van der Waals surface area contributed by atoms with Gasteiger partial charge in [0, 0.05) is 18.5 Å². The molecular formula is C23H21Cl2NO2. The summed E-state index contributed by atoms with van der Waals surface area (Å²) >= 11 is 11.8. The van der Waals surface area contributed by atoms with Crippen LogP contribution in [0.15, 0.2) is 78.9 Å². The monoisotopic (exact) mass is 413 g/mol. The number of hydrogen-bond acceptors (Lipinski definition) is 2. The molecule has 3 rings (SSSR count). The normalized spacial score (nSPS) is 10.7. The lowest BCUT2D eigenvalue weighted by molar-refractivity contribution is -0.123. The SMILES string of the molecule is O=C(COc1ccc(Cl)c(Cl)c1)NCCC(c1ccccc1)c1ccccc1. The topological polar surface area (TPSA) is 38.3 Å². The standard InChI is InChI=1S/C23H21Cl2NO2/c24-21-12-11-19(15-22(21)25)28-16-23(27)26-14-13-20(17-7-3-1-4-8-17)18-9-5-2-6-10-18/h1-12,15,20H,13-14,16H2,(H,26,27). The van der Waals surface area contributed by atoms with Crippen LogP contribution in [-0.4, -0.2) is 19.1 Å². The Bertz CT molecular complexity index is 861. The minimum absolute atomic E-state index is 0.0701. The van der Waals surface area contributed by atoms with Crippen molar-refractivity contribution >= 4 is 29.1 Å². The van der Waals surface area contributed by atoms with Gasteiger partial charge in [-0.3, -0.25) is 4.79 Å². The van der Waals surface area contributed by atoms with Gasteiger partial charge in [-0.1, -0.05) is 83.9 Å². The van der Waals surface area contributed by atoms with E-state index in [-0.39, 0.29) is 18.4 Å². The zero-order chi connectivity index (χ0) is 19.8. The molecule has 0 heterocycles. The number of halogens is 2. The van der Waals surface area contributed by atoms with Crippen LogP contribution in [0.25, 0.3) is 0 Å². The molecule has 1 N–H and O–H groups in total. The average molecular weight is 414 g/mol. The zero-order valence-corrected chi connectivity index (χ0v) is 16.8. The number of carbonyl (C=O) groups excluding carboxylic acids is 1. The van der Waals surface area contributed by atoms with Crippen molar-refractivity contribution in [3.05, 3.63) is 100 Å². The lowest BCUT2D eigenvalue weighted by Gasteiger charge is -2.18. The highest BCUT2D eigenvalue weighted by atomic mass is 35.5. The summed E-state index contributed by atoms with van der Waals surface area (Å²) < 4.78 is 5.48. The maximum absolute atomic E-state index is 12.1. The van der Waals surface area contributed by atoms with Gasteiger partial charge in [-0.25, -0.2) is 0 Å². The third-order valence-electron chi connectivity index (χ3n) is 4.42. The molecule has 3 nitrogen and oxygen atoms in total. The van der Waals surface area contributed by atoms with E-state index in [1.807, 2.05) is 36.4 Å². The molecular weight excluding hydrogens is 393 g/mol. The van der Waals surface area contributed by atoms with E-state index in [9.17, 15) is 4.79 Å². The summed E-state index contributed by atoms with van der Waals surface area (Å²) in [5, 5.41) is 3.77. The minimum atomic E-state index is -0.175.